The smallest absolute Gasteiger partial charge is 0.222 e. The second-order valence-corrected chi connectivity index (χ2v) is 9.62. The number of aromatic nitrogens is 3. The summed E-state index contributed by atoms with van der Waals surface area (Å²) in [6, 6.07) is 7.15. The first-order valence-electron chi connectivity index (χ1n) is 9.72. The molecule has 128 valence electrons. The Bertz CT molecular complexity index is 1380. The van der Waals surface area contributed by atoms with Crippen LogP contribution in [0.15, 0.2) is 24.4 Å². The zero-order valence-electron chi connectivity index (χ0n) is 16.1. The van der Waals surface area contributed by atoms with E-state index in [2.05, 4.69) is 72.5 Å². The van der Waals surface area contributed by atoms with E-state index in [-0.39, 0.29) is 10.8 Å². The summed E-state index contributed by atoms with van der Waals surface area (Å²) in [7, 11) is 0. The summed E-state index contributed by atoms with van der Waals surface area (Å²) in [5, 5.41) is 2.99. The maximum absolute atomic E-state index is 2.64. The molecule has 26 heavy (non-hydrogen) atoms. The molecule has 0 aliphatic carbocycles. The van der Waals surface area contributed by atoms with Crippen LogP contribution in [-0.4, -0.2) is 4.57 Å². The van der Waals surface area contributed by atoms with Crippen LogP contribution in [0.2, 0.25) is 0 Å². The number of pyridine rings is 2. The van der Waals surface area contributed by atoms with Crippen molar-refractivity contribution in [2.24, 2.45) is 0 Å². The average Bonchev–Trinajstić information content (AvgIpc) is 3.22. The van der Waals surface area contributed by atoms with Crippen molar-refractivity contribution in [2.75, 3.05) is 0 Å². The van der Waals surface area contributed by atoms with E-state index < -0.39 is 0 Å². The van der Waals surface area contributed by atoms with E-state index in [0.29, 0.717) is 0 Å². The third kappa shape index (κ3) is 1.07. The van der Waals surface area contributed by atoms with Crippen LogP contribution < -0.4 is 8.97 Å². The van der Waals surface area contributed by atoms with Crippen molar-refractivity contribution >= 4 is 27.5 Å². The Kier molecular flexibility index (Phi) is 1.87. The molecule has 6 heterocycles. The van der Waals surface area contributed by atoms with Crippen LogP contribution in [0.5, 0.6) is 0 Å². The summed E-state index contributed by atoms with van der Waals surface area (Å²) in [5.41, 5.74) is 11.9. The predicted octanol–water partition coefficient (Wildman–Crippen LogP) is 3.42. The standard InChI is InChI=1S/C23H23N3/c1-12-20-23(4,5)22(2,3)15-7-6-13-10-24-9-8-14-11-25(12)21-17(14)19(24)16(13)18(15)26(20)21/h6-9H,10-11H2,1-5H3/q+2. The van der Waals surface area contributed by atoms with Gasteiger partial charge in [-0.05, 0) is 0 Å². The van der Waals surface area contributed by atoms with Gasteiger partial charge in [0, 0.05) is 40.5 Å². The third-order valence-electron chi connectivity index (χ3n) is 8.18. The second-order valence-electron chi connectivity index (χ2n) is 9.62. The van der Waals surface area contributed by atoms with Gasteiger partial charge in [-0.1, -0.05) is 39.8 Å². The normalized spacial score (nSPS) is 20.0. The molecule has 3 nitrogen and oxygen atoms in total. The van der Waals surface area contributed by atoms with Crippen LogP contribution in [-0.2, 0) is 23.9 Å². The van der Waals surface area contributed by atoms with Crippen LogP contribution in [0, 0.1) is 6.92 Å². The summed E-state index contributed by atoms with van der Waals surface area (Å²) < 4.78 is 7.68. The Morgan fingerprint density at radius 2 is 1.73 bits per heavy atom. The maximum atomic E-state index is 2.64. The topological polar surface area (TPSA) is 12.9 Å². The lowest BCUT2D eigenvalue weighted by atomic mass is 9.60. The highest BCUT2D eigenvalue weighted by Gasteiger charge is 2.54. The minimum Gasteiger partial charge on any atom is -0.222 e. The van der Waals surface area contributed by atoms with Crippen LogP contribution in [0.4, 0.5) is 0 Å². The SMILES string of the molecule is Cc1c2[n+]3c4c(ccc5c4c4c6c(cc[n+]4C5)Cn1c63)C(C)(C)C2(C)C. The molecule has 0 spiro atoms. The minimum absolute atomic E-state index is 0.0800. The van der Waals surface area contributed by atoms with E-state index in [9.17, 15) is 0 Å². The van der Waals surface area contributed by atoms with Crippen molar-refractivity contribution in [3.05, 3.63) is 52.5 Å². The van der Waals surface area contributed by atoms with Crippen molar-refractivity contribution in [3.8, 4) is 0 Å². The molecule has 0 radical (unpaired) electrons. The molecule has 0 unspecified atom stereocenters. The molecular weight excluding hydrogens is 318 g/mol. The molecule has 3 heteroatoms. The fourth-order valence-electron chi connectivity index (χ4n) is 6.23. The number of benzene rings is 1. The van der Waals surface area contributed by atoms with Crippen molar-refractivity contribution in [1.29, 1.82) is 0 Å². The Balaban J connectivity index is 1.96. The van der Waals surface area contributed by atoms with Gasteiger partial charge >= 0.3 is 5.65 Å². The largest absolute Gasteiger partial charge is 0.302 e. The highest BCUT2D eigenvalue weighted by atomic mass is 15.2. The molecule has 4 aromatic rings. The van der Waals surface area contributed by atoms with E-state index in [1.165, 1.54) is 55.5 Å². The van der Waals surface area contributed by atoms with Crippen LogP contribution >= 0.6 is 0 Å². The van der Waals surface area contributed by atoms with E-state index in [0.717, 1.165) is 13.1 Å². The zero-order valence-corrected chi connectivity index (χ0v) is 16.1. The maximum Gasteiger partial charge on any atom is 0.302 e. The van der Waals surface area contributed by atoms with E-state index >= 15 is 0 Å². The fourth-order valence-corrected chi connectivity index (χ4v) is 6.23. The predicted molar refractivity (Wildman–Crippen MR) is 102 cm³/mol. The van der Waals surface area contributed by atoms with Gasteiger partial charge in [0.15, 0.2) is 24.0 Å². The minimum atomic E-state index is 0.0800. The van der Waals surface area contributed by atoms with Gasteiger partial charge in [0.05, 0.1) is 0 Å². The fraction of sp³-hybridized carbons (Fsp3) is 0.391. The molecule has 0 fully saturated rings. The molecule has 0 amide bonds. The Morgan fingerprint density at radius 1 is 0.923 bits per heavy atom. The summed E-state index contributed by atoms with van der Waals surface area (Å²) >= 11 is 0. The number of rotatable bonds is 0. The van der Waals surface area contributed by atoms with Gasteiger partial charge in [0.2, 0.25) is 5.52 Å². The Labute approximate surface area is 152 Å². The number of imidazole rings is 1. The van der Waals surface area contributed by atoms with Gasteiger partial charge < -0.3 is 0 Å². The molecule has 3 aliphatic rings. The Hall–Kier alpha value is -2.42. The summed E-state index contributed by atoms with van der Waals surface area (Å²) in [6.45, 7) is 14.1. The molecule has 0 atom stereocenters. The number of hydrogen-bond donors (Lipinski definition) is 0. The molecule has 3 aliphatic heterocycles. The molecule has 1 aromatic carbocycles. The van der Waals surface area contributed by atoms with Gasteiger partial charge in [0.1, 0.15) is 23.0 Å². The van der Waals surface area contributed by atoms with Crippen molar-refractivity contribution in [1.82, 2.24) is 4.57 Å². The third-order valence-corrected chi connectivity index (χ3v) is 8.18. The molecule has 0 saturated carbocycles. The van der Waals surface area contributed by atoms with Gasteiger partial charge in [-0.2, -0.15) is 8.97 Å². The van der Waals surface area contributed by atoms with Crippen molar-refractivity contribution in [3.63, 3.8) is 0 Å². The first-order chi connectivity index (χ1) is 12.3. The highest BCUT2D eigenvalue weighted by molar-refractivity contribution is 6.10. The average molecular weight is 341 g/mol. The van der Waals surface area contributed by atoms with Gasteiger partial charge in [0.25, 0.3) is 0 Å². The molecule has 0 N–H and O–H groups in total. The van der Waals surface area contributed by atoms with Crippen molar-refractivity contribution in [2.45, 2.75) is 58.5 Å². The monoisotopic (exact) mass is 341 g/mol. The molecule has 3 aromatic heterocycles. The first-order valence-corrected chi connectivity index (χ1v) is 9.72. The molecular formula is C23H23N3+2. The molecule has 0 bridgehead atoms. The lowest BCUT2D eigenvalue weighted by Crippen LogP contribution is -2.51. The summed E-state index contributed by atoms with van der Waals surface area (Å²) in [5.74, 6) is 0. The van der Waals surface area contributed by atoms with E-state index in [1.54, 1.807) is 0 Å². The van der Waals surface area contributed by atoms with Crippen LogP contribution in [0.1, 0.15) is 55.8 Å². The molecule has 7 rings (SSSR count). The Morgan fingerprint density at radius 3 is 2.54 bits per heavy atom. The summed E-state index contributed by atoms with van der Waals surface area (Å²) in [6.07, 6.45) is 2.30. The lowest BCUT2D eigenvalue weighted by molar-refractivity contribution is -0.658. The van der Waals surface area contributed by atoms with Gasteiger partial charge in [-0.15, -0.1) is 0 Å². The van der Waals surface area contributed by atoms with Gasteiger partial charge in [-0.25, -0.2) is 4.57 Å². The quantitative estimate of drug-likeness (QED) is 0.297. The number of hydrogen-bond acceptors (Lipinski definition) is 0. The molecule has 0 saturated heterocycles. The lowest BCUT2D eigenvalue weighted by Gasteiger charge is -2.43. The van der Waals surface area contributed by atoms with Gasteiger partial charge in [-0.3, -0.25) is 0 Å². The van der Waals surface area contributed by atoms with Crippen molar-refractivity contribution < 1.29 is 8.97 Å². The second kappa shape index (κ2) is 3.53. The first kappa shape index (κ1) is 13.7. The van der Waals surface area contributed by atoms with Crippen LogP contribution in [0.25, 0.3) is 27.5 Å². The zero-order chi connectivity index (χ0) is 17.7. The van der Waals surface area contributed by atoms with E-state index in [1.807, 2.05) is 0 Å². The van der Waals surface area contributed by atoms with E-state index in [4.69, 9.17) is 0 Å². The number of nitrogens with zero attached hydrogens (tertiary/aromatic N) is 3. The van der Waals surface area contributed by atoms with Crippen LogP contribution in [0.3, 0.4) is 0 Å². The summed E-state index contributed by atoms with van der Waals surface area (Å²) in [4.78, 5) is 0. The highest BCUT2D eigenvalue weighted by Crippen LogP contribution is 2.51.